The first kappa shape index (κ1) is 12.6. The number of para-hydroxylation sites is 1. The summed E-state index contributed by atoms with van der Waals surface area (Å²) >= 11 is 0. The number of aliphatic hydroxyl groups excluding tert-OH is 1. The van der Waals surface area contributed by atoms with Crippen molar-refractivity contribution in [3.63, 3.8) is 0 Å². The zero-order valence-electron chi connectivity index (χ0n) is 11.2. The first-order valence-electron chi connectivity index (χ1n) is 6.50. The molecule has 0 aliphatic heterocycles. The van der Waals surface area contributed by atoms with E-state index in [4.69, 9.17) is 4.74 Å². The third-order valence-corrected chi connectivity index (χ3v) is 3.36. The molecule has 0 atom stereocenters. The fraction of sp³-hybridized carbons (Fsp3) is 0.118. The minimum Gasteiger partial charge on any atom is -0.455 e. The maximum absolute atomic E-state index is 9.28. The molecule has 0 radical (unpaired) electrons. The molecular weight excluding hydrogens is 250 g/mol. The van der Waals surface area contributed by atoms with Crippen LogP contribution >= 0.6 is 0 Å². The molecule has 1 aromatic heterocycles. The summed E-state index contributed by atoms with van der Waals surface area (Å²) in [5.41, 5.74) is 2.76. The van der Waals surface area contributed by atoms with Crippen LogP contribution in [0, 0.1) is 6.92 Å². The Morgan fingerprint density at radius 2 is 1.95 bits per heavy atom. The summed E-state index contributed by atoms with van der Waals surface area (Å²) in [7, 11) is 0. The van der Waals surface area contributed by atoms with Crippen molar-refractivity contribution in [2.45, 2.75) is 13.5 Å². The van der Waals surface area contributed by atoms with Crippen molar-refractivity contribution in [3.05, 3.63) is 65.9 Å². The van der Waals surface area contributed by atoms with E-state index in [1.54, 1.807) is 6.20 Å². The number of pyridine rings is 1. The quantitative estimate of drug-likeness (QED) is 0.782. The van der Waals surface area contributed by atoms with Crippen molar-refractivity contribution in [1.29, 1.82) is 0 Å². The summed E-state index contributed by atoms with van der Waals surface area (Å²) in [5.74, 6) is 1.44. The SMILES string of the molecule is Cc1c(CO)cccc1Oc1cnc2ccccc2c1. The highest BCUT2D eigenvalue weighted by Gasteiger charge is 2.06. The predicted molar refractivity (Wildman–Crippen MR) is 78.9 cm³/mol. The van der Waals surface area contributed by atoms with E-state index in [2.05, 4.69) is 4.98 Å². The van der Waals surface area contributed by atoms with Gasteiger partial charge in [0, 0.05) is 5.39 Å². The molecule has 100 valence electrons. The minimum atomic E-state index is 0.0129. The summed E-state index contributed by atoms with van der Waals surface area (Å²) < 4.78 is 5.89. The van der Waals surface area contributed by atoms with E-state index in [-0.39, 0.29) is 6.61 Å². The second-order valence-corrected chi connectivity index (χ2v) is 4.66. The van der Waals surface area contributed by atoms with Crippen LogP contribution in [0.1, 0.15) is 11.1 Å². The van der Waals surface area contributed by atoms with E-state index >= 15 is 0 Å². The molecule has 0 amide bonds. The monoisotopic (exact) mass is 265 g/mol. The van der Waals surface area contributed by atoms with Gasteiger partial charge in [-0.2, -0.15) is 0 Å². The molecule has 0 unspecified atom stereocenters. The van der Waals surface area contributed by atoms with Crippen molar-refractivity contribution >= 4 is 10.9 Å². The van der Waals surface area contributed by atoms with Gasteiger partial charge in [-0.25, -0.2) is 0 Å². The van der Waals surface area contributed by atoms with Crippen molar-refractivity contribution in [1.82, 2.24) is 4.98 Å². The van der Waals surface area contributed by atoms with Gasteiger partial charge in [-0.1, -0.05) is 30.3 Å². The Balaban J connectivity index is 1.97. The van der Waals surface area contributed by atoms with E-state index in [1.807, 2.05) is 55.5 Å². The minimum absolute atomic E-state index is 0.0129. The summed E-state index contributed by atoms with van der Waals surface area (Å²) in [6, 6.07) is 15.5. The van der Waals surface area contributed by atoms with Gasteiger partial charge < -0.3 is 9.84 Å². The first-order valence-corrected chi connectivity index (χ1v) is 6.50. The van der Waals surface area contributed by atoms with Gasteiger partial charge in [0.1, 0.15) is 11.5 Å². The van der Waals surface area contributed by atoms with Crippen LogP contribution in [0.25, 0.3) is 10.9 Å². The van der Waals surface area contributed by atoms with Crippen LogP contribution in [-0.2, 0) is 6.61 Å². The molecule has 3 rings (SSSR count). The zero-order valence-corrected chi connectivity index (χ0v) is 11.2. The number of ether oxygens (including phenoxy) is 1. The Kier molecular flexibility index (Phi) is 3.35. The van der Waals surface area contributed by atoms with E-state index < -0.39 is 0 Å². The lowest BCUT2D eigenvalue weighted by molar-refractivity contribution is 0.280. The molecule has 0 saturated carbocycles. The molecule has 1 heterocycles. The van der Waals surface area contributed by atoms with Crippen molar-refractivity contribution in [3.8, 4) is 11.5 Å². The number of rotatable bonds is 3. The van der Waals surface area contributed by atoms with Crippen LogP contribution in [-0.4, -0.2) is 10.1 Å². The molecule has 0 aliphatic carbocycles. The molecule has 0 saturated heterocycles. The van der Waals surface area contributed by atoms with Gasteiger partial charge in [-0.3, -0.25) is 4.98 Å². The molecule has 0 fully saturated rings. The van der Waals surface area contributed by atoms with E-state index in [0.717, 1.165) is 27.8 Å². The topological polar surface area (TPSA) is 42.4 Å². The molecule has 20 heavy (non-hydrogen) atoms. The molecule has 2 aromatic carbocycles. The number of hydrogen-bond donors (Lipinski definition) is 1. The molecule has 0 aliphatic rings. The van der Waals surface area contributed by atoms with Crippen LogP contribution in [0.4, 0.5) is 0 Å². The normalized spacial score (nSPS) is 10.7. The van der Waals surface area contributed by atoms with Gasteiger partial charge in [0.25, 0.3) is 0 Å². The Morgan fingerprint density at radius 1 is 1.10 bits per heavy atom. The number of hydrogen-bond acceptors (Lipinski definition) is 3. The largest absolute Gasteiger partial charge is 0.455 e. The summed E-state index contributed by atoms with van der Waals surface area (Å²) in [5, 5.41) is 10.3. The number of nitrogens with zero attached hydrogens (tertiary/aromatic N) is 1. The molecule has 3 nitrogen and oxygen atoms in total. The lowest BCUT2D eigenvalue weighted by Gasteiger charge is -2.11. The molecular formula is C17H15NO2. The Morgan fingerprint density at radius 3 is 2.80 bits per heavy atom. The molecule has 0 spiro atoms. The van der Waals surface area contributed by atoms with Crippen LogP contribution in [0.2, 0.25) is 0 Å². The smallest absolute Gasteiger partial charge is 0.146 e. The molecule has 3 aromatic rings. The second kappa shape index (κ2) is 5.31. The van der Waals surface area contributed by atoms with E-state index in [9.17, 15) is 5.11 Å². The molecule has 1 N–H and O–H groups in total. The van der Waals surface area contributed by atoms with Gasteiger partial charge in [0.2, 0.25) is 0 Å². The summed E-state index contributed by atoms with van der Waals surface area (Å²) in [6.07, 6.45) is 1.72. The third-order valence-electron chi connectivity index (χ3n) is 3.36. The third kappa shape index (κ3) is 2.36. The highest BCUT2D eigenvalue weighted by molar-refractivity contribution is 5.79. The molecule has 0 bridgehead atoms. The van der Waals surface area contributed by atoms with Crippen LogP contribution in [0.5, 0.6) is 11.5 Å². The fourth-order valence-electron chi connectivity index (χ4n) is 2.18. The lowest BCUT2D eigenvalue weighted by Crippen LogP contribution is -1.93. The lowest BCUT2D eigenvalue weighted by atomic mass is 10.1. The second-order valence-electron chi connectivity index (χ2n) is 4.66. The number of benzene rings is 2. The van der Waals surface area contributed by atoms with Crippen molar-refractivity contribution in [2.24, 2.45) is 0 Å². The van der Waals surface area contributed by atoms with Crippen molar-refractivity contribution in [2.75, 3.05) is 0 Å². The van der Waals surface area contributed by atoms with E-state index in [1.165, 1.54) is 0 Å². The van der Waals surface area contributed by atoms with Crippen LogP contribution in [0.3, 0.4) is 0 Å². The Bertz CT molecular complexity index is 753. The van der Waals surface area contributed by atoms with Gasteiger partial charge in [-0.15, -0.1) is 0 Å². The van der Waals surface area contributed by atoms with Gasteiger partial charge in [0.05, 0.1) is 18.3 Å². The fourth-order valence-corrected chi connectivity index (χ4v) is 2.18. The van der Waals surface area contributed by atoms with Gasteiger partial charge in [-0.05, 0) is 36.2 Å². The average Bonchev–Trinajstić information content (AvgIpc) is 2.49. The maximum Gasteiger partial charge on any atom is 0.146 e. The summed E-state index contributed by atoms with van der Waals surface area (Å²) in [6.45, 7) is 1.95. The standard InChI is InChI=1S/C17H15NO2/c1-12-14(11-19)6-4-8-17(12)20-15-9-13-5-2-3-7-16(13)18-10-15/h2-10,19H,11H2,1H3. The zero-order chi connectivity index (χ0) is 13.9. The highest BCUT2D eigenvalue weighted by Crippen LogP contribution is 2.28. The van der Waals surface area contributed by atoms with Crippen LogP contribution in [0.15, 0.2) is 54.7 Å². The number of aromatic nitrogens is 1. The van der Waals surface area contributed by atoms with E-state index in [0.29, 0.717) is 5.75 Å². The van der Waals surface area contributed by atoms with Crippen LogP contribution < -0.4 is 4.74 Å². The Hall–Kier alpha value is -2.39. The number of fused-ring (bicyclic) bond motifs is 1. The van der Waals surface area contributed by atoms with Gasteiger partial charge >= 0.3 is 0 Å². The number of aliphatic hydroxyl groups is 1. The first-order chi connectivity index (χ1) is 9.78. The van der Waals surface area contributed by atoms with Gasteiger partial charge in [0.15, 0.2) is 0 Å². The Labute approximate surface area is 117 Å². The summed E-state index contributed by atoms with van der Waals surface area (Å²) in [4.78, 5) is 4.38. The predicted octanol–water partition coefficient (Wildman–Crippen LogP) is 3.83. The maximum atomic E-state index is 9.28. The highest BCUT2D eigenvalue weighted by atomic mass is 16.5. The molecule has 3 heteroatoms. The average molecular weight is 265 g/mol. The van der Waals surface area contributed by atoms with Crippen molar-refractivity contribution < 1.29 is 9.84 Å².